The maximum Gasteiger partial charge on any atom is 0.337 e. The molecule has 0 saturated heterocycles. The van der Waals surface area contributed by atoms with E-state index in [1.54, 1.807) is 0 Å². The summed E-state index contributed by atoms with van der Waals surface area (Å²) in [5.74, 6) is -2.96. The average molecular weight is 292 g/mol. The van der Waals surface area contributed by atoms with Crippen molar-refractivity contribution in [1.29, 1.82) is 0 Å². The predicted octanol–water partition coefficient (Wildman–Crippen LogP) is 3.31. The third kappa shape index (κ3) is 3.33. The summed E-state index contributed by atoms with van der Waals surface area (Å²) in [4.78, 5) is 22.7. The fraction of sp³-hybridized carbons (Fsp3) is 0. The number of urea groups is 1. The van der Waals surface area contributed by atoms with E-state index in [1.165, 1.54) is 24.3 Å². The number of amides is 2. The molecule has 108 valence electrons. The molecule has 0 aliphatic carbocycles. The molecule has 3 N–H and O–H groups in total. The van der Waals surface area contributed by atoms with Crippen molar-refractivity contribution in [2.45, 2.75) is 0 Å². The summed E-state index contributed by atoms with van der Waals surface area (Å²) in [6.45, 7) is 0. The van der Waals surface area contributed by atoms with Crippen LogP contribution in [0.15, 0.2) is 42.5 Å². The Balaban J connectivity index is 2.21. The molecule has 2 aromatic rings. The van der Waals surface area contributed by atoms with Crippen LogP contribution in [0.5, 0.6) is 0 Å². The summed E-state index contributed by atoms with van der Waals surface area (Å²) in [6.07, 6.45) is 0. The largest absolute Gasteiger partial charge is 0.478 e. The van der Waals surface area contributed by atoms with Crippen LogP contribution >= 0.6 is 0 Å². The number of hydrogen-bond acceptors (Lipinski definition) is 2. The second-order valence-corrected chi connectivity index (χ2v) is 4.03. The van der Waals surface area contributed by atoms with Gasteiger partial charge in [0, 0.05) is 0 Å². The maximum atomic E-state index is 13.6. The standard InChI is InChI=1S/C14H10F2N2O3/c15-9-5-1-2-7-11(9)17-14(21)18-12-8(13(19)20)4-3-6-10(12)16/h1-7H,(H,19,20)(H2,17,18,21). The predicted molar refractivity (Wildman–Crippen MR) is 72.4 cm³/mol. The number of anilines is 2. The van der Waals surface area contributed by atoms with Crippen LogP contribution in [0.3, 0.4) is 0 Å². The van der Waals surface area contributed by atoms with Crippen molar-refractivity contribution in [3.05, 3.63) is 59.7 Å². The highest BCUT2D eigenvalue weighted by molar-refractivity contribution is 6.04. The Hall–Kier alpha value is -2.96. The summed E-state index contributed by atoms with van der Waals surface area (Å²) in [5, 5.41) is 13.2. The first-order chi connectivity index (χ1) is 9.99. The summed E-state index contributed by atoms with van der Waals surface area (Å²) in [6, 6.07) is 7.80. The Kier molecular flexibility index (Phi) is 4.13. The number of carboxylic acid groups (broad SMARTS) is 1. The molecule has 0 fully saturated rings. The number of hydrogen-bond donors (Lipinski definition) is 3. The molecule has 0 aromatic heterocycles. The number of carbonyl (C=O) groups is 2. The Morgan fingerprint density at radius 3 is 2.24 bits per heavy atom. The molecule has 0 spiro atoms. The SMILES string of the molecule is O=C(Nc1ccccc1F)Nc1c(F)cccc1C(=O)O. The van der Waals surface area contributed by atoms with Gasteiger partial charge < -0.3 is 15.7 Å². The molecule has 2 aromatic carbocycles. The summed E-state index contributed by atoms with van der Waals surface area (Å²) >= 11 is 0. The van der Waals surface area contributed by atoms with Gasteiger partial charge in [-0.25, -0.2) is 18.4 Å². The summed E-state index contributed by atoms with van der Waals surface area (Å²) in [7, 11) is 0. The quantitative estimate of drug-likeness (QED) is 0.812. The number of carbonyl (C=O) groups excluding carboxylic acids is 1. The van der Waals surface area contributed by atoms with Gasteiger partial charge >= 0.3 is 12.0 Å². The van der Waals surface area contributed by atoms with Gasteiger partial charge in [-0.3, -0.25) is 0 Å². The molecule has 0 aliphatic heterocycles. The van der Waals surface area contributed by atoms with Crippen molar-refractivity contribution in [2.24, 2.45) is 0 Å². The van der Waals surface area contributed by atoms with Crippen LogP contribution in [-0.2, 0) is 0 Å². The lowest BCUT2D eigenvalue weighted by molar-refractivity contribution is 0.0697. The number of carboxylic acids is 1. The topological polar surface area (TPSA) is 78.4 Å². The first-order valence-electron chi connectivity index (χ1n) is 5.83. The summed E-state index contributed by atoms with van der Waals surface area (Å²) < 4.78 is 27.0. The van der Waals surface area contributed by atoms with Gasteiger partial charge in [-0.05, 0) is 24.3 Å². The number of nitrogens with one attached hydrogen (secondary N) is 2. The van der Waals surface area contributed by atoms with Gasteiger partial charge in [0.15, 0.2) is 0 Å². The van der Waals surface area contributed by atoms with Crippen LogP contribution in [0.4, 0.5) is 25.0 Å². The van der Waals surface area contributed by atoms with Gasteiger partial charge in [-0.2, -0.15) is 0 Å². The van der Waals surface area contributed by atoms with Crippen LogP contribution in [-0.4, -0.2) is 17.1 Å². The maximum absolute atomic E-state index is 13.6. The molecule has 2 amide bonds. The van der Waals surface area contributed by atoms with Crippen molar-refractivity contribution >= 4 is 23.4 Å². The minimum atomic E-state index is -1.39. The molecule has 5 nitrogen and oxygen atoms in total. The molecular formula is C14H10F2N2O3. The number of halogens is 2. The molecule has 0 aliphatic rings. The van der Waals surface area contributed by atoms with Crippen molar-refractivity contribution in [3.63, 3.8) is 0 Å². The summed E-state index contributed by atoms with van der Waals surface area (Å²) in [5.41, 5.74) is -0.999. The molecule has 0 unspecified atom stereocenters. The second-order valence-electron chi connectivity index (χ2n) is 4.03. The highest BCUT2D eigenvalue weighted by Gasteiger charge is 2.17. The lowest BCUT2D eigenvalue weighted by Crippen LogP contribution is -2.22. The van der Waals surface area contributed by atoms with Crippen LogP contribution in [0, 0.1) is 11.6 Å². The van der Waals surface area contributed by atoms with Crippen molar-refractivity contribution < 1.29 is 23.5 Å². The zero-order valence-corrected chi connectivity index (χ0v) is 10.6. The zero-order valence-electron chi connectivity index (χ0n) is 10.6. The minimum Gasteiger partial charge on any atom is -0.478 e. The molecule has 0 bridgehead atoms. The monoisotopic (exact) mass is 292 g/mol. The number of benzene rings is 2. The molecule has 7 heteroatoms. The van der Waals surface area contributed by atoms with Gasteiger partial charge in [0.1, 0.15) is 11.6 Å². The Bertz CT molecular complexity index is 704. The highest BCUT2D eigenvalue weighted by Crippen LogP contribution is 2.20. The van der Waals surface area contributed by atoms with E-state index in [9.17, 15) is 18.4 Å². The van der Waals surface area contributed by atoms with Gasteiger partial charge in [0.05, 0.1) is 16.9 Å². The Labute approximate surface area is 118 Å². The van der Waals surface area contributed by atoms with E-state index in [-0.39, 0.29) is 5.69 Å². The molecule has 0 saturated carbocycles. The molecular weight excluding hydrogens is 282 g/mol. The first-order valence-corrected chi connectivity index (χ1v) is 5.83. The van der Waals surface area contributed by atoms with E-state index in [0.29, 0.717) is 0 Å². The van der Waals surface area contributed by atoms with Crippen molar-refractivity contribution in [3.8, 4) is 0 Å². The Morgan fingerprint density at radius 1 is 0.905 bits per heavy atom. The van der Waals surface area contributed by atoms with Crippen LogP contribution in [0.25, 0.3) is 0 Å². The normalized spacial score (nSPS) is 10.0. The zero-order chi connectivity index (χ0) is 15.4. The fourth-order valence-electron chi connectivity index (χ4n) is 1.66. The third-order valence-electron chi connectivity index (χ3n) is 2.60. The highest BCUT2D eigenvalue weighted by atomic mass is 19.1. The van der Waals surface area contributed by atoms with Crippen molar-refractivity contribution in [1.82, 2.24) is 0 Å². The average Bonchev–Trinajstić information content (AvgIpc) is 2.43. The van der Waals surface area contributed by atoms with Gasteiger partial charge in [-0.15, -0.1) is 0 Å². The van der Waals surface area contributed by atoms with Gasteiger partial charge in [0.25, 0.3) is 0 Å². The van der Waals surface area contributed by atoms with E-state index in [2.05, 4.69) is 10.6 Å². The number of aromatic carboxylic acids is 1. The minimum absolute atomic E-state index is 0.108. The van der Waals surface area contributed by atoms with Crippen molar-refractivity contribution in [2.75, 3.05) is 10.6 Å². The van der Waals surface area contributed by atoms with Crippen LogP contribution < -0.4 is 10.6 Å². The van der Waals surface area contributed by atoms with E-state index >= 15 is 0 Å². The molecule has 0 radical (unpaired) electrons. The van der Waals surface area contributed by atoms with E-state index in [4.69, 9.17) is 5.11 Å². The lowest BCUT2D eigenvalue weighted by atomic mass is 10.1. The van der Waals surface area contributed by atoms with Gasteiger partial charge in [0.2, 0.25) is 0 Å². The number of rotatable bonds is 3. The van der Waals surface area contributed by atoms with E-state index in [1.807, 2.05) is 0 Å². The molecule has 2 rings (SSSR count). The Morgan fingerprint density at radius 2 is 1.57 bits per heavy atom. The molecule has 0 heterocycles. The third-order valence-corrected chi connectivity index (χ3v) is 2.60. The smallest absolute Gasteiger partial charge is 0.337 e. The second kappa shape index (κ2) is 6.00. The lowest BCUT2D eigenvalue weighted by Gasteiger charge is -2.11. The van der Waals surface area contributed by atoms with Crippen LogP contribution in [0.2, 0.25) is 0 Å². The molecule has 21 heavy (non-hydrogen) atoms. The number of para-hydroxylation sites is 2. The first kappa shape index (κ1) is 14.4. The van der Waals surface area contributed by atoms with E-state index < -0.39 is 34.9 Å². The molecule has 0 atom stereocenters. The fourth-order valence-corrected chi connectivity index (χ4v) is 1.66. The van der Waals surface area contributed by atoms with Gasteiger partial charge in [-0.1, -0.05) is 18.2 Å². The van der Waals surface area contributed by atoms with E-state index in [0.717, 1.165) is 18.2 Å². The van der Waals surface area contributed by atoms with Crippen LogP contribution in [0.1, 0.15) is 10.4 Å².